The van der Waals surface area contributed by atoms with Gasteiger partial charge in [-0.15, -0.1) is 0 Å². The van der Waals surface area contributed by atoms with Gasteiger partial charge in [-0.3, -0.25) is 4.79 Å². The van der Waals surface area contributed by atoms with Crippen LogP contribution in [0, 0.1) is 5.82 Å². The second-order valence-electron chi connectivity index (χ2n) is 4.91. The lowest BCUT2D eigenvalue weighted by atomic mass is 10.1. The van der Waals surface area contributed by atoms with E-state index >= 15 is 0 Å². The Balaban J connectivity index is 1.87. The van der Waals surface area contributed by atoms with Crippen LogP contribution in [0.1, 0.15) is 27.5 Å². The van der Waals surface area contributed by atoms with Crippen molar-refractivity contribution in [3.8, 4) is 0 Å². The Morgan fingerprint density at radius 1 is 1.43 bits per heavy atom. The number of rotatable bonds is 2. The number of amides is 1. The van der Waals surface area contributed by atoms with E-state index in [-0.39, 0.29) is 10.7 Å². The molecule has 1 amide bonds. The zero-order chi connectivity index (χ0) is 15.0. The average Bonchev–Trinajstić information content (AvgIpc) is 2.78. The highest BCUT2D eigenvalue weighted by atomic mass is 35.5. The first-order chi connectivity index (χ1) is 10.1. The van der Waals surface area contributed by atoms with Crippen LogP contribution in [0.2, 0.25) is 5.15 Å². The Hall–Kier alpha value is -1.98. The smallest absolute Gasteiger partial charge is 0.255 e. The van der Waals surface area contributed by atoms with Crippen molar-refractivity contribution in [2.24, 2.45) is 0 Å². The lowest BCUT2D eigenvalue weighted by Crippen LogP contribution is -2.34. The molecule has 1 aromatic heterocycles. The standard InChI is InChI=1S/C15H12ClFN2O2/c16-14-11(6-9(17)7-18-14)15(21)19-13-10-4-2-1-3-8(10)5-12(13)20/h1-4,6-7,12-13,20H,5H2,(H,19,21)/t12-,13+/m1/s1. The van der Waals surface area contributed by atoms with Crippen molar-refractivity contribution >= 4 is 17.5 Å². The normalized spacial score (nSPS) is 20.1. The average molecular weight is 307 g/mol. The summed E-state index contributed by atoms with van der Waals surface area (Å²) in [5, 5.41) is 12.7. The third kappa shape index (κ3) is 2.62. The molecule has 0 spiro atoms. The Bertz CT molecular complexity index is 708. The van der Waals surface area contributed by atoms with E-state index in [2.05, 4.69) is 10.3 Å². The number of benzene rings is 1. The molecule has 0 fully saturated rings. The molecule has 2 aromatic rings. The highest BCUT2D eigenvalue weighted by Gasteiger charge is 2.32. The fraction of sp³-hybridized carbons (Fsp3) is 0.200. The molecule has 0 saturated heterocycles. The summed E-state index contributed by atoms with van der Waals surface area (Å²) in [5.74, 6) is -1.20. The maximum absolute atomic E-state index is 13.2. The van der Waals surface area contributed by atoms with Crippen molar-refractivity contribution < 1.29 is 14.3 Å². The van der Waals surface area contributed by atoms with Crippen LogP contribution in [0.15, 0.2) is 36.5 Å². The fourth-order valence-electron chi connectivity index (χ4n) is 2.55. The van der Waals surface area contributed by atoms with Gasteiger partial charge in [-0.2, -0.15) is 0 Å². The van der Waals surface area contributed by atoms with Gasteiger partial charge < -0.3 is 10.4 Å². The van der Waals surface area contributed by atoms with Crippen LogP contribution in [-0.4, -0.2) is 22.1 Å². The molecule has 0 aliphatic heterocycles. The van der Waals surface area contributed by atoms with Gasteiger partial charge in [-0.1, -0.05) is 35.9 Å². The lowest BCUT2D eigenvalue weighted by Gasteiger charge is -2.18. The van der Waals surface area contributed by atoms with Gasteiger partial charge in [0.1, 0.15) is 11.0 Å². The van der Waals surface area contributed by atoms with E-state index in [4.69, 9.17) is 11.6 Å². The van der Waals surface area contributed by atoms with Gasteiger partial charge in [-0.05, 0) is 17.2 Å². The Morgan fingerprint density at radius 3 is 3.00 bits per heavy atom. The summed E-state index contributed by atoms with van der Waals surface area (Å²) in [5.41, 5.74) is 1.80. The molecular weight excluding hydrogens is 295 g/mol. The van der Waals surface area contributed by atoms with Gasteiger partial charge in [0.05, 0.1) is 23.9 Å². The molecule has 1 aliphatic carbocycles. The zero-order valence-electron chi connectivity index (χ0n) is 10.9. The quantitative estimate of drug-likeness (QED) is 0.837. The summed E-state index contributed by atoms with van der Waals surface area (Å²) < 4.78 is 13.2. The fourth-order valence-corrected chi connectivity index (χ4v) is 2.74. The minimum absolute atomic E-state index is 0.0479. The first-order valence-electron chi connectivity index (χ1n) is 6.44. The topological polar surface area (TPSA) is 62.2 Å². The van der Waals surface area contributed by atoms with Gasteiger partial charge >= 0.3 is 0 Å². The van der Waals surface area contributed by atoms with E-state index in [1.807, 2.05) is 24.3 Å². The number of nitrogens with one attached hydrogen (secondary N) is 1. The van der Waals surface area contributed by atoms with Crippen LogP contribution in [0.3, 0.4) is 0 Å². The van der Waals surface area contributed by atoms with Gasteiger partial charge in [0.25, 0.3) is 5.91 Å². The molecule has 0 bridgehead atoms. The number of aliphatic hydroxyl groups excluding tert-OH is 1. The predicted octanol–water partition coefficient (Wildman–Crippen LogP) is 2.26. The molecule has 6 heteroatoms. The van der Waals surface area contributed by atoms with E-state index in [1.165, 1.54) is 0 Å². The summed E-state index contributed by atoms with van der Waals surface area (Å²) in [7, 11) is 0. The number of carbonyl (C=O) groups is 1. The van der Waals surface area contributed by atoms with Gasteiger partial charge in [0.2, 0.25) is 0 Å². The summed E-state index contributed by atoms with van der Waals surface area (Å²) >= 11 is 5.81. The molecule has 3 rings (SSSR count). The van der Waals surface area contributed by atoms with Crippen molar-refractivity contribution in [2.45, 2.75) is 18.6 Å². The number of carbonyl (C=O) groups excluding carboxylic acids is 1. The number of hydrogen-bond donors (Lipinski definition) is 2. The van der Waals surface area contributed by atoms with Crippen LogP contribution in [-0.2, 0) is 6.42 Å². The number of nitrogens with zero attached hydrogens (tertiary/aromatic N) is 1. The molecular formula is C15H12ClFN2O2. The minimum atomic E-state index is -0.716. The Labute approximate surface area is 125 Å². The van der Waals surface area contributed by atoms with E-state index in [0.29, 0.717) is 6.42 Å². The Kier molecular flexibility index (Phi) is 3.61. The molecule has 1 aliphatic rings. The van der Waals surface area contributed by atoms with E-state index < -0.39 is 23.9 Å². The highest BCUT2D eigenvalue weighted by molar-refractivity contribution is 6.32. The Morgan fingerprint density at radius 2 is 2.19 bits per heavy atom. The molecule has 2 N–H and O–H groups in total. The van der Waals surface area contributed by atoms with Gasteiger partial charge in [0, 0.05) is 6.42 Å². The van der Waals surface area contributed by atoms with Crippen LogP contribution in [0.4, 0.5) is 4.39 Å². The zero-order valence-corrected chi connectivity index (χ0v) is 11.6. The van der Waals surface area contributed by atoms with Crippen LogP contribution < -0.4 is 5.32 Å². The summed E-state index contributed by atoms with van der Waals surface area (Å²) in [6.07, 6.45) is 0.696. The lowest BCUT2D eigenvalue weighted by molar-refractivity contribution is 0.0857. The molecule has 21 heavy (non-hydrogen) atoms. The minimum Gasteiger partial charge on any atom is -0.390 e. The van der Waals surface area contributed by atoms with Crippen LogP contribution in [0.25, 0.3) is 0 Å². The first kappa shape index (κ1) is 14.0. The van der Waals surface area contributed by atoms with Crippen LogP contribution >= 0.6 is 11.6 Å². The number of aromatic nitrogens is 1. The molecule has 0 radical (unpaired) electrons. The number of aliphatic hydroxyl groups is 1. The van der Waals surface area contributed by atoms with Gasteiger partial charge in [-0.25, -0.2) is 9.37 Å². The third-order valence-corrected chi connectivity index (χ3v) is 3.84. The summed E-state index contributed by atoms with van der Waals surface area (Å²) in [6, 6.07) is 7.96. The second kappa shape index (κ2) is 5.42. The van der Waals surface area contributed by atoms with Crippen LogP contribution in [0.5, 0.6) is 0 Å². The van der Waals surface area contributed by atoms with Crippen molar-refractivity contribution in [1.29, 1.82) is 0 Å². The monoisotopic (exact) mass is 306 g/mol. The first-order valence-corrected chi connectivity index (χ1v) is 6.82. The highest BCUT2D eigenvalue weighted by Crippen LogP contribution is 2.31. The van der Waals surface area contributed by atoms with E-state index in [0.717, 1.165) is 23.4 Å². The molecule has 108 valence electrons. The molecule has 1 heterocycles. The summed E-state index contributed by atoms with van der Waals surface area (Å²) in [4.78, 5) is 15.8. The SMILES string of the molecule is O=C(N[C@H]1c2ccccc2C[C@H]1O)c1cc(F)cnc1Cl. The maximum Gasteiger partial charge on any atom is 0.255 e. The molecule has 1 aromatic carbocycles. The number of pyridine rings is 1. The second-order valence-corrected chi connectivity index (χ2v) is 5.27. The molecule has 4 nitrogen and oxygen atoms in total. The van der Waals surface area contributed by atoms with E-state index in [9.17, 15) is 14.3 Å². The van der Waals surface area contributed by atoms with Crippen molar-refractivity contribution in [2.75, 3.05) is 0 Å². The third-order valence-electron chi connectivity index (χ3n) is 3.54. The summed E-state index contributed by atoms with van der Waals surface area (Å²) in [6.45, 7) is 0. The van der Waals surface area contributed by atoms with Crippen molar-refractivity contribution in [1.82, 2.24) is 10.3 Å². The molecule has 2 atom stereocenters. The maximum atomic E-state index is 13.2. The predicted molar refractivity (Wildman–Crippen MR) is 75.6 cm³/mol. The number of fused-ring (bicyclic) bond motifs is 1. The number of hydrogen-bond acceptors (Lipinski definition) is 3. The van der Waals surface area contributed by atoms with Gasteiger partial charge in [0.15, 0.2) is 0 Å². The van der Waals surface area contributed by atoms with E-state index in [1.54, 1.807) is 0 Å². The molecule has 0 unspecified atom stereocenters. The molecule has 0 saturated carbocycles. The number of halogens is 2. The largest absolute Gasteiger partial charge is 0.390 e. The van der Waals surface area contributed by atoms with Crippen molar-refractivity contribution in [3.63, 3.8) is 0 Å². The van der Waals surface area contributed by atoms with Crippen molar-refractivity contribution in [3.05, 3.63) is 64.2 Å².